The van der Waals surface area contributed by atoms with E-state index in [1.54, 1.807) is 16.0 Å². The number of fused-ring (bicyclic) bond motifs is 1. The van der Waals surface area contributed by atoms with Gasteiger partial charge < -0.3 is 10.6 Å². The molecular formula is C24H30N4O. The van der Waals surface area contributed by atoms with Gasteiger partial charge >= 0.3 is 6.03 Å². The fraction of sp³-hybridized carbons (Fsp3) is 0.458. The molecule has 0 bridgehead atoms. The number of amides is 2. The Morgan fingerprint density at radius 1 is 1.00 bits per heavy atom. The van der Waals surface area contributed by atoms with E-state index in [0.717, 1.165) is 31.9 Å². The van der Waals surface area contributed by atoms with Crippen molar-refractivity contribution in [3.8, 4) is 0 Å². The highest BCUT2D eigenvalue weighted by Gasteiger charge is 2.30. The number of piperidine rings is 1. The second-order valence-corrected chi connectivity index (χ2v) is 8.60. The van der Waals surface area contributed by atoms with Gasteiger partial charge in [-0.05, 0) is 61.1 Å². The first kappa shape index (κ1) is 18.6. The molecule has 5 rings (SSSR count). The van der Waals surface area contributed by atoms with Gasteiger partial charge in [0.25, 0.3) is 0 Å². The third kappa shape index (κ3) is 4.02. The van der Waals surface area contributed by atoms with Crippen molar-refractivity contribution in [3.05, 3.63) is 65.2 Å². The number of hydrogen-bond donors (Lipinski definition) is 2. The number of carbonyl (C=O) groups is 1. The molecular weight excluding hydrogens is 360 g/mol. The van der Waals surface area contributed by atoms with Crippen molar-refractivity contribution in [2.75, 3.05) is 31.1 Å². The van der Waals surface area contributed by atoms with Gasteiger partial charge in [-0.3, -0.25) is 9.80 Å². The number of likely N-dealkylation sites (tertiary alicyclic amines) is 1. The number of nitrogens with zero attached hydrogens (tertiary/aromatic N) is 2. The average molecular weight is 391 g/mol. The lowest BCUT2D eigenvalue weighted by atomic mass is 10.0. The van der Waals surface area contributed by atoms with Gasteiger partial charge in [-0.25, -0.2) is 4.79 Å². The molecule has 0 saturated carbocycles. The molecule has 0 aromatic heterocycles. The summed E-state index contributed by atoms with van der Waals surface area (Å²) in [5.41, 5.74) is 5.34. The van der Waals surface area contributed by atoms with Crippen LogP contribution in [0.25, 0.3) is 0 Å². The van der Waals surface area contributed by atoms with Crippen LogP contribution >= 0.6 is 0 Å². The van der Waals surface area contributed by atoms with Crippen LogP contribution in [0.2, 0.25) is 0 Å². The summed E-state index contributed by atoms with van der Waals surface area (Å²) in [5, 5.41) is 6.63. The third-order valence-electron chi connectivity index (χ3n) is 6.70. The molecule has 5 heteroatoms. The van der Waals surface area contributed by atoms with E-state index in [0.29, 0.717) is 12.1 Å². The zero-order chi connectivity index (χ0) is 19.6. The number of hydrogen-bond acceptors (Lipinski definition) is 3. The predicted octanol–water partition coefficient (Wildman–Crippen LogP) is 2.94. The molecule has 152 valence electrons. The molecule has 29 heavy (non-hydrogen) atoms. The second-order valence-electron chi connectivity index (χ2n) is 8.60. The maximum absolute atomic E-state index is 11.8. The van der Waals surface area contributed by atoms with Crippen molar-refractivity contribution in [3.63, 3.8) is 0 Å². The predicted molar refractivity (Wildman–Crippen MR) is 116 cm³/mol. The second kappa shape index (κ2) is 8.17. The molecule has 2 N–H and O–H groups in total. The maximum Gasteiger partial charge on any atom is 0.321 e. The molecule has 2 aromatic carbocycles. The lowest BCUT2D eigenvalue weighted by Gasteiger charge is -2.37. The summed E-state index contributed by atoms with van der Waals surface area (Å²) in [6, 6.07) is 18.6. The highest BCUT2D eigenvalue weighted by atomic mass is 16.2. The summed E-state index contributed by atoms with van der Waals surface area (Å²) in [6.07, 6.45) is 4.93. The van der Waals surface area contributed by atoms with E-state index in [4.69, 9.17) is 0 Å². The minimum absolute atomic E-state index is 0.00670. The van der Waals surface area contributed by atoms with E-state index in [1.807, 2.05) is 0 Å². The van der Waals surface area contributed by atoms with Crippen molar-refractivity contribution in [1.82, 2.24) is 15.5 Å². The first-order valence-corrected chi connectivity index (χ1v) is 10.9. The fourth-order valence-electron chi connectivity index (χ4n) is 5.07. The standard InChI is InChI=1S/C24H30N4O/c29-24-25-11-13-28(24)22-9-7-18(8-10-22)16-26-21-6-3-12-27(17-21)23-14-19-4-1-2-5-20(19)15-23/h1-2,4-5,7-10,21,23,26H,3,6,11-17H2,(H,25,29). The van der Waals surface area contributed by atoms with Gasteiger partial charge in [-0.1, -0.05) is 36.4 Å². The molecule has 2 heterocycles. The molecule has 1 unspecified atom stereocenters. The molecule has 2 aromatic rings. The van der Waals surface area contributed by atoms with Crippen molar-refractivity contribution in [2.45, 2.75) is 44.3 Å². The Morgan fingerprint density at radius 2 is 1.76 bits per heavy atom. The Kier molecular flexibility index (Phi) is 5.25. The summed E-state index contributed by atoms with van der Waals surface area (Å²) in [4.78, 5) is 16.3. The van der Waals surface area contributed by atoms with Crippen molar-refractivity contribution in [1.29, 1.82) is 0 Å². The summed E-state index contributed by atoms with van der Waals surface area (Å²) in [6.45, 7) is 4.73. The number of rotatable bonds is 5. The molecule has 3 aliphatic rings. The van der Waals surface area contributed by atoms with Crippen LogP contribution in [0.3, 0.4) is 0 Å². The minimum Gasteiger partial charge on any atom is -0.336 e. The lowest BCUT2D eigenvalue weighted by molar-refractivity contribution is 0.140. The highest BCUT2D eigenvalue weighted by Crippen LogP contribution is 2.27. The van der Waals surface area contributed by atoms with Crippen molar-refractivity contribution in [2.24, 2.45) is 0 Å². The topological polar surface area (TPSA) is 47.6 Å². The molecule has 2 fully saturated rings. The Hall–Kier alpha value is -2.37. The first-order chi connectivity index (χ1) is 14.3. The van der Waals surface area contributed by atoms with E-state index in [1.165, 1.54) is 37.8 Å². The quantitative estimate of drug-likeness (QED) is 0.825. The Labute approximate surface area is 173 Å². The largest absolute Gasteiger partial charge is 0.336 e. The number of nitrogens with one attached hydrogen (secondary N) is 2. The van der Waals surface area contributed by atoms with Crippen LogP contribution in [0.1, 0.15) is 29.5 Å². The van der Waals surface area contributed by atoms with Gasteiger partial charge in [-0.15, -0.1) is 0 Å². The summed E-state index contributed by atoms with van der Waals surface area (Å²) in [7, 11) is 0. The molecule has 1 aliphatic carbocycles. The van der Waals surface area contributed by atoms with Crippen LogP contribution in [0, 0.1) is 0 Å². The number of anilines is 1. The highest BCUT2D eigenvalue weighted by molar-refractivity contribution is 5.93. The molecule has 5 nitrogen and oxygen atoms in total. The summed E-state index contributed by atoms with van der Waals surface area (Å²) in [5.74, 6) is 0. The van der Waals surface area contributed by atoms with Gasteiger partial charge in [0, 0.05) is 44.0 Å². The fourth-order valence-corrected chi connectivity index (χ4v) is 5.07. The maximum atomic E-state index is 11.8. The van der Waals surface area contributed by atoms with Gasteiger partial charge in [-0.2, -0.15) is 0 Å². The lowest BCUT2D eigenvalue weighted by Crippen LogP contribution is -2.49. The van der Waals surface area contributed by atoms with E-state index in [2.05, 4.69) is 64.1 Å². The van der Waals surface area contributed by atoms with Crippen molar-refractivity contribution < 1.29 is 4.79 Å². The molecule has 0 spiro atoms. The van der Waals surface area contributed by atoms with Gasteiger partial charge in [0.1, 0.15) is 0 Å². The van der Waals surface area contributed by atoms with Gasteiger partial charge in [0.15, 0.2) is 0 Å². The third-order valence-corrected chi connectivity index (χ3v) is 6.70. The van der Waals surface area contributed by atoms with E-state index < -0.39 is 0 Å². The van der Waals surface area contributed by atoms with Crippen LogP contribution in [0.15, 0.2) is 48.5 Å². The monoisotopic (exact) mass is 390 g/mol. The zero-order valence-electron chi connectivity index (χ0n) is 16.9. The number of urea groups is 1. The van der Waals surface area contributed by atoms with Crippen LogP contribution < -0.4 is 15.5 Å². The SMILES string of the molecule is O=C1NCCN1c1ccc(CNC2CCCN(C3Cc4ccccc4C3)C2)cc1. The summed E-state index contributed by atoms with van der Waals surface area (Å²) >= 11 is 0. The molecule has 2 saturated heterocycles. The molecule has 1 atom stereocenters. The normalized spacial score (nSPS) is 22.7. The van der Waals surface area contributed by atoms with Crippen LogP contribution in [0.4, 0.5) is 10.5 Å². The van der Waals surface area contributed by atoms with E-state index >= 15 is 0 Å². The summed E-state index contributed by atoms with van der Waals surface area (Å²) < 4.78 is 0. The van der Waals surface area contributed by atoms with Gasteiger partial charge in [0.05, 0.1) is 0 Å². The smallest absolute Gasteiger partial charge is 0.321 e. The number of carbonyl (C=O) groups excluding carboxylic acids is 1. The molecule has 2 amide bonds. The van der Waals surface area contributed by atoms with E-state index in [-0.39, 0.29) is 6.03 Å². The van der Waals surface area contributed by atoms with Crippen LogP contribution in [-0.4, -0.2) is 49.2 Å². The van der Waals surface area contributed by atoms with Crippen LogP contribution in [-0.2, 0) is 19.4 Å². The molecule has 2 aliphatic heterocycles. The average Bonchev–Trinajstić information content (AvgIpc) is 3.39. The van der Waals surface area contributed by atoms with E-state index in [9.17, 15) is 4.79 Å². The Morgan fingerprint density at radius 3 is 2.45 bits per heavy atom. The zero-order valence-corrected chi connectivity index (χ0v) is 16.9. The molecule has 0 radical (unpaired) electrons. The Balaban J connectivity index is 1.14. The Bertz CT molecular complexity index is 840. The van der Waals surface area contributed by atoms with Gasteiger partial charge in [0.2, 0.25) is 0 Å². The number of benzene rings is 2. The van der Waals surface area contributed by atoms with Crippen LogP contribution in [0.5, 0.6) is 0 Å². The van der Waals surface area contributed by atoms with Crippen molar-refractivity contribution >= 4 is 11.7 Å². The first-order valence-electron chi connectivity index (χ1n) is 10.9. The minimum atomic E-state index is 0.00670.